The minimum absolute atomic E-state index is 0.0892. The number of nitrogens with one attached hydrogen (secondary N) is 1. The van der Waals surface area contributed by atoms with Crippen LogP contribution in [0.25, 0.3) is 0 Å². The first-order valence-electron chi connectivity index (χ1n) is 8.65. The Hall–Kier alpha value is -2.38. The summed E-state index contributed by atoms with van der Waals surface area (Å²) in [5.41, 5.74) is 3.63. The summed E-state index contributed by atoms with van der Waals surface area (Å²) < 4.78 is 33.2. The number of carbonyl (C=O) groups excluding carboxylic acids is 1. The molecule has 1 amide bonds. The Morgan fingerprint density at radius 3 is 2.22 bits per heavy atom. The second kappa shape index (κ2) is 8.54. The Morgan fingerprint density at radius 2 is 1.67 bits per heavy atom. The first-order valence-corrected chi connectivity index (χ1v) is 10.1. The van der Waals surface area contributed by atoms with Gasteiger partial charge in [0.25, 0.3) is 0 Å². The third kappa shape index (κ3) is 5.08. The number of rotatable bonds is 7. The zero-order valence-electron chi connectivity index (χ0n) is 16.4. The third-order valence-corrected chi connectivity index (χ3v) is 5.90. The number of hydrogen-bond donors (Lipinski definition) is 1. The predicted molar refractivity (Wildman–Crippen MR) is 107 cm³/mol. The minimum Gasteiger partial charge on any atom is -0.495 e. The highest BCUT2D eigenvalue weighted by molar-refractivity contribution is 7.89. The van der Waals surface area contributed by atoms with E-state index in [-0.39, 0.29) is 23.9 Å². The van der Waals surface area contributed by atoms with Crippen molar-refractivity contribution in [2.75, 3.05) is 25.1 Å². The molecule has 0 saturated carbocycles. The highest BCUT2D eigenvalue weighted by Gasteiger charge is 2.21. The number of methoxy groups -OCH3 is 1. The van der Waals surface area contributed by atoms with Gasteiger partial charge in [0.05, 0.1) is 7.11 Å². The zero-order chi connectivity index (χ0) is 20.2. The molecule has 0 fully saturated rings. The average molecular weight is 391 g/mol. The van der Waals surface area contributed by atoms with Crippen molar-refractivity contribution in [1.82, 2.24) is 4.72 Å². The molecule has 0 radical (unpaired) electrons. The second-order valence-corrected chi connectivity index (χ2v) is 8.23. The van der Waals surface area contributed by atoms with Gasteiger partial charge >= 0.3 is 0 Å². The van der Waals surface area contributed by atoms with Gasteiger partial charge < -0.3 is 9.64 Å². The van der Waals surface area contributed by atoms with E-state index in [1.54, 1.807) is 17.0 Å². The third-order valence-electron chi connectivity index (χ3n) is 4.42. The normalized spacial score (nSPS) is 11.3. The van der Waals surface area contributed by atoms with Crippen molar-refractivity contribution in [1.29, 1.82) is 0 Å². The van der Waals surface area contributed by atoms with Crippen molar-refractivity contribution in [3.63, 3.8) is 0 Å². The van der Waals surface area contributed by atoms with E-state index < -0.39 is 10.0 Å². The molecule has 0 spiro atoms. The molecule has 0 aliphatic carbocycles. The van der Waals surface area contributed by atoms with Crippen LogP contribution in [-0.2, 0) is 14.8 Å². The highest BCUT2D eigenvalue weighted by Crippen LogP contribution is 2.27. The van der Waals surface area contributed by atoms with Gasteiger partial charge in [0.1, 0.15) is 10.6 Å². The smallest absolute Gasteiger partial charge is 0.244 e. The lowest BCUT2D eigenvalue weighted by Gasteiger charge is -2.22. The second-order valence-electron chi connectivity index (χ2n) is 6.49. The standard InChI is InChI=1S/C20H26N2O4S/c1-14-6-8-18(9-7-14)22(17(4)23)11-10-21-27(24,25)20-13-16(3)15(2)12-19(20)26-5/h6-9,12-13,21H,10-11H2,1-5H3. The highest BCUT2D eigenvalue weighted by atomic mass is 32.2. The summed E-state index contributed by atoms with van der Waals surface area (Å²) in [7, 11) is -2.32. The Kier molecular flexibility index (Phi) is 6.62. The van der Waals surface area contributed by atoms with Gasteiger partial charge in [0.15, 0.2) is 0 Å². The van der Waals surface area contributed by atoms with Gasteiger partial charge in [-0.3, -0.25) is 4.79 Å². The number of hydrogen-bond acceptors (Lipinski definition) is 4. The molecule has 0 bridgehead atoms. The van der Waals surface area contributed by atoms with Crippen LogP contribution < -0.4 is 14.4 Å². The maximum Gasteiger partial charge on any atom is 0.244 e. The first kappa shape index (κ1) is 20.9. The Bertz CT molecular complexity index is 922. The van der Waals surface area contributed by atoms with Gasteiger partial charge in [-0.05, 0) is 56.2 Å². The predicted octanol–water partition coefficient (Wildman–Crippen LogP) is 2.95. The van der Waals surface area contributed by atoms with Crippen molar-refractivity contribution in [2.24, 2.45) is 0 Å². The fourth-order valence-electron chi connectivity index (χ4n) is 2.70. The van der Waals surface area contributed by atoms with Crippen LogP contribution in [0.2, 0.25) is 0 Å². The summed E-state index contributed by atoms with van der Waals surface area (Å²) in [5, 5.41) is 0. The number of anilines is 1. The molecule has 0 unspecified atom stereocenters. The molecule has 2 aromatic carbocycles. The molecule has 0 aromatic heterocycles. The van der Waals surface area contributed by atoms with Gasteiger partial charge in [0.2, 0.25) is 15.9 Å². The molecular formula is C20H26N2O4S. The van der Waals surface area contributed by atoms with E-state index in [1.807, 2.05) is 45.0 Å². The molecule has 7 heteroatoms. The molecule has 0 aliphatic rings. The molecule has 27 heavy (non-hydrogen) atoms. The molecule has 2 aromatic rings. The lowest BCUT2D eigenvalue weighted by Crippen LogP contribution is -2.37. The van der Waals surface area contributed by atoms with Crippen LogP contribution in [0.1, 0.15) is 23.6 Å². The van der Waals surface area contributed by atoms with Crippen LogP contribution in [0.5, 0.6) is 5.75 Å². The monoisotopic (exact) mass is 390 g/mol. The summed E-state index contributed by atoms with van der Waals surface area (Å²) in [4.78, 5) is 13.6. The zero-order valence-corrected chi connectivity index (χ0v) is 17.2. The van der Waals surface area contributed by atoms with Crippen LogP contribution in [-0.4, -0.2) is 34.5 Å². The van der Waals surface area contributed by atoms with Crippen LogP contribution >= 0.6 is 0 Å². The average Bonchev–Trinajstić information content (AvgIpc) is 2.61. The van der Waals surface area contributed by atoms with Gasteiger partial charge in [-0.15, -0.1) is 0 Å². The SMILES string of the molecule is COc1cc(C)c(C)cc1S(=O)(=O)NCCN(C(C)=O)c1ccc(C)cc1. The van der Waals surface area contributed by atoms with Gasteiger partial charge in [0, 0.05) is 25.7 Å². The summed E-state index contributed by atoms with van der Waals surface area (Å²) in [6.07, 6.45) is 0. The lowest BCUT2D eigenvalue weighted by molar-refractivity contribution is -0.116. The van der Waals surface area contributed by atoms with Crippen molar-refractivity contribution in [2.45, 2.75) is 32.6 Å². The van der Waals surface area contributed by atoms with Gasteiger partial charge in [-0.1, -0.05) is 17.7 Å². The van der Waals surface area contributed by atoms with E-state index in [0.29, 0.717) is 5.75 Å². The number of carbonyl (C=O) groups is 1. The Labute approximate surface area is 161 Å². The molecule has 0 saturated heterocycles. The first-order chi connectivity index (χ1) is 12.7. The van der Waals surface area contributed by atoms with Crippen molar-refractivity contribution in [3.05, 3.63) is 53.1 Å². The van der Waals surface area contributed by atoms with E-state index in [0.717, 1.165) is 22.4 Å². The topological polar surface area (TPSA) is 75.7 Å². The summed E-state index contributed by atoms with van der Waals surface area (Å²) in [5.74, 6) is 0.148. The molecule has 6 nitrogen and oxygen atoms in total. The maximum absolute atomic E-state index is 12.7. The molecule has 1 N–H and O–H groups in total. The van der Waals surface area contributed by atoms with Gasteiger partial charge in [-0.25, -0.2) is 13.1 Å². The number of benzene rings is 2. The fourth-order valence-corrected chi connectivity index (χ4v) is 3.95. The Morgan fingerprint density at radius 1 is 1.07 bits per heavy atom. The molecule has 0 aliphatic heterocycles. The van der Waals surface area contributed by atoms with Crippen molar-refractivity contribution >= 4 is 21.6 Å². The lowest BCUT2D eigenvalue weighted by atomic mass is 10.1. The molecule has 0 heterocycles. The van der Waals surface area contributed by atoms with E-state index in [2.05, 4.69) is 4.72 Å². The summed E-state index contributed by atoms with van der Waals surface area (Å²) in [6, 6.07) is 10.8. The number of ether oxygens (including phenoxy) is 1. The number of aryl methyl sites for hydroxylation is 3. The van der Waals surface area contributed by atoms with E-state index >= 15 is 0 Å². The van der Waals surface area contributed by atoms with Crippen LogP contribution in [0.3, 0.4) is 0 Å². The number of nitrogens with zero attached hydrogens (tertiary/aromatic N) is 1. The van der Waals surface area contributed by atoms with Crippen LogP contribution in [0.4, 0.5) is 5.69 Å². The molecule has 146 valence electrons. The van der Waals surface area contributed by atoms with Crippen LogP contribution in [0, 0.1) is 20.8 Å². The minimum atomic E-state index is -3.77. The van der Waals surface area contributed by atoms with Crippen molar-refractivity contribution in [3.8, 4) is 5.75 Å². The molecule has 0 atom stereocenters. The van der Waals surface area contributed by atoms with E-state index in [1.165, 1.54) is 14.0 Å². The van der Waals surface area contributed by atoms with Gasteiger partial charge in [-0.2, -0.15) is 0 Å². The summed E-state index contributed by atoms with van der Waals surface area (Å²) in [6.45, 7) is 7.49. The quantitative estimate of drug-likeness (QED) is 0.789. The fraction of sp³-hybridized carbons (Fsp3) is 0.350. The van der Waals surface area contributed by atoms with E-state index in [9.17, 15) is 13.2 Å². The number of amides is 1. The number of sulfonamides is 1. The van der Waals surface area contributed by atoms with Crippen molar-refractivity contribution < 1.29 is 17.9 Å². The van der Waals surface area contributed by atoms with E-state index in [4.69, 9.17) is 4.74 Å². The maximum atomic E-state index is 12.7. The summed E-state index contributed by atoms with van der Waals surface area (Å²) >= 11 is 0. The van der Waals surface area contributed by atoms with Crippen LogP contribution in [0.15, 0.2) is 41.3 Å². The molecule has 2 rings (SSSR count). The molecular weight excluding hydrogens is 364 g/mol. The Balaban J connectivity index is 2.16. The largest absolute Gasteiger partial charge is 0.495 e.